The van der Waals surface area contributed by atoms with Crippen LogP contribution in [0.5, 0.6) is 17.2 Å². The summed E-state index contributed by atoms with van der Waals surface area (Å²) in [7, 11) is 3.18. The van der Waals surface area contributed by atoms with E-state index in [0.717, 1.165) is 17.7 Å². The Morgan fingerprint density at radius 1 is 1.00 bits per heavy atom. The molecule has 1 atom stereocenters. The van der Waals surface area contributed by atoms with Gasteiger partial charge in [-0.15, -0.1) is 0 Å². The van der Waals surface area contributed by atoms with Crippen LogP contribution < -0.4 is 24.4 Å². The van der Waals surface area contributed by atoms with E-state index in [-0.39, 0.29) is 18.2 Å². The summed E-state index contributed by atoms with van der Waals surface area (Å²) in [5.41, 5.74) is 2.30. The van der Waals surface area contributed by atoms with Gasteiger partial charge in [-0.1, -0.05) is 31.2 Å². The standard InChI is InChI=1S/C30H33N3O5S/c1-4-18-38-24-13-11-23(12-14-24)33-28(34)20-25(29(33)35)32(30(39)31-22-8-6-5-7-9-22)17-16-21-10-15-26(36-2)27(19-21)37-3/h5-15,19,25H,4,16-18,20H2,1-3H3,(H,31,39)/t25-/m0/s1. The highest BCUT2D eigenvalue weighted by Crippen LogP contribution is 2.30. The first-order chi connectivity index (χ1) is 18.9. The van der Waals surface area contributed by atoms with E-state index < -0.39 is 6.04 Å². The third kappa shape index (κ3) is 6.67. The summed E-state index contributed by atoms with van der Waals surface area (Å²) in [5, 5.41) is 3.60. The largest absolute Gasteiger partial charge is 0.494 e. The second-order valence-electron chi connectivity index (χ2n) is 9.06. The van der Waals surface area contributed by atoms with Gasteiger partial charge in [-0.25, -0.2) is 4.90 Å². The van der Waals surface area contributed by atoms with Crippen LogP contribution in [0.2, 0.25) is 0 Å². The van der Waals surface area contributed by atoms with Crippen molar-refractivity contribution in [1.29, 1.82) is 0 Å². The molecule has 1 fully saturated rings. The highest BCUT2D eigenvalue weighted by molar-refractivity contribution is 7.80. The van der Waals surface area contributed by atoms with Crippen LogP contribution in [0, 0.1) is 0 Å². The Bertz CT molecular complexity index is 1300. The summed E-state index contributed by atoms with van der Waals surface area (Å²) in [6.07, 6.45) is 1.48. The fraction of sp³-hybridized carbons (Fsp3) is 0.300. The minimum Gasteiger partial charge on any atom is -0.494 e. The lowest BCUT2D eigenvalue weighted by Crippen LogP contribution is -2.48. The zero-order valence-electron chi connectivity index (χ0n) is 22.4. The molecule has 3 aromatic carbocycles. The average Bonchev–Trinajstić information content (AvgIpc) is 3.25. The molecule has 0 unspecified atom stereocenters. The Labute approximate surface area is 234 Å². The molecule has 1 N–H and O–H groups in total. The first-order valence-electron chi connectivity index (χ1n) is 12.9. The van der Waals surface area contributed by atoms with E-state index in [1.807, 2.05) is 55.5 Å². The zero-order chi connectivity index (χ0) is 27.8. The van der Waals surface area contributed by atoms with Crippen molar-refractivity contribution < 1.29 is 23.8 Å². The number of ether oxygens (including phenoxy) is 3. The van der Waals surface area contributed by atoms with E-state index in [1.54, 1.807) is 43.4 Å². The van der Waals surface area contributed by atoms with E-state index in [1.165, 1.54) is 4.90 Å². The molecule has 2 amide bonds. The molecule has 0 aliphatic carbocycles. The fourth-order valence-electron chi connectivity index (χ4n) is 4.44. The SMILES string of the molecule is CCCOc1ccc(N2C(=O)C[C@H](N(CCc3ccc(OC)c(OC)c3)C(=S)Nc3ccccc3)C2=O)cc1. The van der Waals surface area contributed by atoms with Crippen LogP contribution in [-0.4, -0.2) is 55.2 Å². The first-order valence-corrected chi connectivity index (χ1v) is 13.3. The van der Waals surface area contributed by atoms with E-state index in [2.05, 4.69) is 5.32 Å². The molecule has 0 bridgehead atoms. The van der Waals surface area contributed by atoms with E-state index in [4.69, 9.17) is 26.4 Å². The maximum Gasteiger partial charge on any atom is 0.257 e. The van der Waals surface area contributed by atoms with Gasteiger partial charge in [0.05, 0.1) is 32.9 Å². The molecule has 0 aromatic heterocycles. The number of rotatable bonds is 11. The van der Waals surface area contributed by atoms with Gasteiger partial charge in [0.1, 0.15) is 11.8 Å². The zero-order valence-corrected chi connectivity index (χ0v) is 23.2. The Kier molecular flexibility index (Phi) is 9.38. The maximum atomic E-state index is 13.7. The summed E-state index contributed by atoms with van der Waals surface area (Å²) in [6, 6.07) is 21.5. The van der Waals surface area contributed by atoms with Crippen LogP contribution in [0.1, 0.15) is 25.3 Å². The summed E-state index contributed by atoms with van der Waals surface area (Å²) < 4.78 is 16.4. The number of benzene rings is 3. The van der Waals surface area contributed by atoms with Crippen molar-refractivity contribution in [3.05, 3.63) is 78.4 Å². The first kappa shape index (κ1) is 27.9. The molecule has 3 aromatic rings. The van der Waals surface area contributed by atoms with Crippen molar-refractivity contribution in [1.82, 2.24) is 4.90 Å². The summed E-state index contributed by atoms with van der Waals surface area (Å²) in [6.45, 7) is 3.05. The number of amides is 2. The van der Waals surface area contributed by atoms with Gasteiger partial charge in [-0.2, -0.15) is 0 Å². The normalized spacial score (nSPS) is 14.7. The number of carbonyl (C=O) groups is 2. The predicted molar refractivity (Wildman–Crippen MR) is 156 cm³/mol. The molecular formula is C30H33N3O5S. The van der Waals surface area contributed by atoms with Crippen molar-refractivity contribution in [2.45, 2.75) is 32.2 Å². The van der Waals surface area contributed by atoms with E-state index in [0.29, 0.717) is 47.6 Å². The number of hydrogen-bond acceptors (Lipinski definition) is 6. The van der Waals surface area contributed by atoms with Crippen LogP contribution in [0.15, 0.2) is 72.8 Å². The monoisotopic (exact) mass is 547 g/mol. The summed E-state index contributed by atoms with van der Waals surface area (Å²) in [5.74, 6) is 1.37. The summed E-state index contributed by atoms with van der Waals surface area (Å²) >= 11 is 5.77. The highest BCUT2D eigenvalue weighted by Gasteiger charge is 2.43. The van der Waals surface area contributed by atoms with Gasteiger partial charge in [-0.05, 0) is 79.2 Å². The fourth-order valence-corrected chi connectivity index (χ4v) is 4.78. The molecule has 8 nitrogen and oxygen atoms in total. The van der Waals surface area contributed by atoms with Gasteiger partial charge in [0.25, 0.3) is 5.91 Å². The second kappa shape index (κ2) is 13.1. The lowest BCUT2D eigenvalue weighted by atomic mass is 10.1. The number of imide groups is 1. The van der Waals surface area contributed by atoms with Gasteiger partial charge in [0.15, 0.2) is 16.6 Å². The van der Waals surface area contributed by atoms with Crippen molar-refractivity contribution in [2.75, 3.05) is 37.6 Å². The Hall–Kier alpha value is -4.11. The van der Waals surface area contributed by atoms with Crippen molar-refractivity contribution >= 4 is 40.5 Å². The van der Waals surface area contributed by atoms with Crippen molar-refractivity contribution in [2.24, 2.45) is 0 Å². The number of para-hydroxylation sites is 1. The van der Waals surface area contributed by atoms with Crippen LogP contribution in [0.4, 0.5) is 11.4 Å². The molecule has 0 radical (unpaired) electrons. The second-order valence-corrected chi connectivity index (χ2v) is 9.45. The minimum absolute atomic E-state index is 0.0233. The quantitative estimate of drug-likeness (QED) is 0.263. The van der Waals surface area contributed by atoms with Crippen LogP contribution in [0.25, 0.3) is 0 Å². The molecule has 1 saturated heterocycles. The molecule has 0 spiro atoms. The number of anilines is 2. The van der Waals surface area contributed by atoms with Gasteiger partial charge >= 0.3 is 0 Å². The molecule has 9 heteroatoms. The number of nitrogens with zero attached hydrogens (tertiary/aromatic N) is 2. The molecule has 1 aliphatic rings. The molecule has 4 rings (SSSR count). The van der Waals surface area contributed by atoms with Gasteiger partial charge in [-0.3, -0.25) is 9.59 Å². The smallest absolute Gasteiger partial charge is 0.257 e. The topological polar surface area (TPSA) is 80.3 Å². The van der Waals surface area contributed by atoms with E-state index in [9.17, 15) is 9.59 Å². The lowest BCUT2D eigenvalue weighted by molar-refractivity contribution is -0.122. The van der Waals surface area contributed by atoms with Gasteiger partial charge in [0.2, 0.25) is 5.91 Å². The van der Waals surface area contributed by atoms with Crippen molar-refractivity contribution in [3.63, 3.8) is 0 Å². The molecule has 0 saturated carbocycles. The number of hydrogen-bond donors (Lipinski definition) is 1. The summed E-state index contributed by atoms with van der Waals surface area (Å²) in [4.78, 5) is 29.8. The number of thiocarbonyl (C=S) groups is 1. The molecule has 1 heterocycles. The van der Waals surface area contributed by atoms with Gasteiger partial charge < -0.3 is 24.4 Å². The number of carbonyl (C=O) groups excluding carboxylic acids is 2. The third-order valence-corrected chi connectivity index (χ3v) is 6.78. The average molecular weight is 548 g/mol. The van der Waals surface area contributed by atoms with Crippen LogP contribution >= 0.6 is 12.2 Å². The van der Waals surface area contributed by atoms with Crippen LogP contribution in [-0.2, 0) is 16.0 Å². The number of methoxy groups -OCH3 is 2. The Balaban J connectivity index is 1.56. The molecular weight excluding hydrogens is 514 g/mol. The van der Waals surface area contributed by atoms with Gasteiger partial charge in [0, 0.05) is 12.2 Å². The molecule has 1 aliphatic heterocycles. The van der Waals surface area contributed by atoms with E-state index >= 15 is 0 Å². The predicted octanol–water partition coefficient (Wildman–Crippen LogP) is 5.07. The molecule has 39 heavy (non-hydrogen) atoms. The minimum atomic E-state index is -0.739. The van der Waals surface area contributed by atoms with Crippen LogP contribution in [0.3, 0.4) is 0 Å². The maximum absolute atomic E-state index is 13.7. The third-order valence-electron chi connectivity index (χ3n) is 6.44. The lowest BCUT2D eigenvalue weighted by Gasteiger charge is -2.30. The molecule has 204 valence electrons. The van der Waals surface area contributed by atoms with Crippen molar-refractivity contribution in [3.8, 4) is 17.2 Å². The highest BCUT2D eigenvalue weighted by atomic mass is 32.1. The number of nitrogens with one attached hydrogen (secondary N) is 1. The Morgan fingerprint density at radius 3 is 2.38 bits per heavy atom. The Morgan fingerprint density at radius 2 is 1.72 bits per heavy atom.